The Kier molecular flexibility index (Phi) is 4.29. The summed E-state index contributed by atoms with van der Waals surface area (Å²) < 4.78 is 28.3. The van der Waals surface area contributed by atoms with Crippen LogP contribution in [0.15, 0.2) is 37.7 Å². The molecule has 7 nitrogen and oxygen atoms in total. The zero-order valence-corrected chi connectivity index (χ0v) is 13.6. The average molecular weight is 367 g/mol. The summed E-state index contributed by atoms with van der Waals surface area (Å²) in [6, 6.07) is 3.05. The zero-order valence-electron chi connectivity index (χ0n) is 12.8. The predicted octanol–water partition coefficient (Wildman–Crippen LogP) is 1.13. The van der Waals surface area contributed by atoms with Gasteiger partial charge in [0.1, 0.15) is 10.1 Å². The van der Waals surface area contributed by atoms with Crippen LogP contribution in [0.2, 0.25) is 0 Å². The number of aromatic nitrogens is 2. The summed E-state index contributed by atoms with van der Waals surface area (Å²) in [7, 11) is 1.39. The molecule has 25 heavy (non-hydrogen) atoms. The maximum absolute atomic E-state index is 13.3. The molecule has 130 valence electrons. The number of hydrogen-bond donors (Lipinski definition) is 1. The van der Waals surface area contributed by atoms with Crippen molar-refractivity contribution in [1.82, 2.24) is 9.13 Å². The number of halogens is 2. The maximum atomic E-state index is 13.3. The topological polar surface area (TPSA) is 93.7 Å². The van der Waals surface area contributed by atoms with Gasteiger partial charge in [0.25, 0.3) is 5.56 Å². The van der Waals surface area contributed by atoms with Crippen LogP contribution < -0.4 is 11.2 Å². The summed E-state index contributed by atoms with van der Waals surface area (Å²) in [5, 5.41) is 8.03. The van der Waals surface area contributed by atoms with Gasteiger partial charge in [-0.05, 0) is 17.7 Å². The molecule has 2 heterocycles. The summed E-state index contributed by atoms with van der Waals surface area (Å²) in [5.74, 6) is -3.23. The van der Waals surface area contributed by atoms with Gasteiger partial charge in [-0.25, -0.2) is 18.6 Å². The Morgan fingerprint density at radius 1 is 1.32 bits per heavy atom. The molecule has 3 rings (SSSR count). The number of benzene rings is 1. The average Bonchev–Trinajstić information content (AvgIpc) is 2.59. The minimum absolute atomic E-state index is 0.0135. The molecule has 10 heteroatoms. The molecule has 1 N–H and O–H groups in total. The van der Waals surface area contributed by atoms with Gasteiger partial charge in [0.15, 0.2) is 17.5 Å². The molecule has 2 aromatic rings. The van der Waals surface area contributed by atoms with Crippen molar-refractivity contribution in [3.05, 3.63) is 56.2 Å². The number of thioether (sulfide) groups is 1. The highest BCUT2D eigenvalue weighted by Crippen LogP contribution is 2.31. The van der Waals surface area contributed by atoms with E-state index < -0.39 is 34.1 Å². The fourth-order valence-electron chi connectivity index (χ4n) is 2.35. The van der Waals surface area contributed by atoms with Gasteiger partial charge in [-0.15, -0.1) is 0 Å². The monoisotopic (exact) mass is 367 g/mol. The quantitative estimate of drug-likeness (QED) is 0.878. The van der Waals surface area contributed by atoms with Crippen molar-refractivity contribution in [2.24, 2.45) is 12.0 Å². The standard InChI is InChI=1S/C15H11F2N3O4S/c1-19-12-11(25-10(5-18-12)14(22)23)13(21)20(15(19)24)6-7-2-3-8(16)9(17)4-7/h2-5,10H,6H2,1H3,(H,22,23). The molecule has 0 radical (unpaired) electrons. The maximum Gasteiger partial charge on any atom is 0.332 e. The third kappa shape index (κ3) is 3.00. The van der Waals surface area contributed by atoms with Crippen molar-refractivity contribution in [3.8, 4) is 0 Å². The fraction of sp³-hybridized carbons (Fsp3) is 0.200. The largest absolute Gasteiger partial charge is 0.480 e. The van der Waals surface area contributed by atoms with E-state index in [4.69, 9.17) is 5.11 Å². The van der Waals surface area contributed by atoms with Crippen molar-refractivity contribution in [1.29, 1.82) is 0 Å². The number of fused-ring (bicyclic) bond motifs is 1. The van der Waals surface area contributed by atoms with Gasteiger partial charge in [0, 0.05) is 13.3 Å². The van der Waals surface area contributed by atoms with Crippen LogP contribution in [-0.2, 0) is 18.4 Å². The second-order valence-electron chi connectivity index (χ2n) is 5.29. The number of aliphatic imine (C=N–C) groups is 1. The van der Waals surface area contributed by atoms with Crippen LogP contribution >= 0.6 is 11.8 Å². The molecule has 1 atom stereocenters. The number of aliphatic carboxylic acids is 1. The number of carboxylic acid groups (broad SMARTS) is 1. The van der Waals surface area contributed by atoms with E-state index in [9.17, 15) is 23.2 Å². The fourth-order valence-corrected chi connectivity index (χ4v) is 3.33. The van der Waals surface area contributed by atoms with Crippen molar-refractivity contribution >= 4 is 29.8 Å². The third-order valence-electron chi connectivity index (χ3n) is 3.62. The van der Waals surface area contributed by atoms with Crippen LogP contribution in [0.1, 0.15) is 5.56 Å². The first-order valence-corrected chi connectivity index (χ1v) is 7.89. The number of carbonyl (C=O) groups is 1. The lowest BCUT2D eigenvalue weighted by Crippen LogP contribution is -2.41. The van der Waals surface area contributed by atoms with E-state index >= 15 is 0 Å². The number of hydrogen-bond acceptors (Lipinski definition) is 5. The Bertz CT molecular complexity index is 1030. The van der Waals surface area contributed by atoms with Gasteiger partial charge in [-0.3, -0.25) is 18.7 Å². The van der Waals surface area contributed by atoms with Crippen LogP contribution in [0.5, 0.6) is 0 Å². The minimum atomic E-state index is -1.17. The van der Waals surface area contributed by atoms with E-state index in [1.54, 1.807) is 0 Å². The van der Waals surface area contributed by atoms with E-state index in [2.05, 4.69) is 4.99 Å². The van der Waals surface area contributed by atoms with Gasteiger partial charge in [-0.1, -0.05) is 17.8 Å². The minimum Gasteiger partial charge on any atom is -0.480 e. The Labute approximate surface area is 143 Å². The van der Waals surface area contributed by atoms with E-state index in [0.717, 1.165) is 39.2 Å². The molecule has 1 aliphatic rings. The normalized spacial score (nSPS) is 15.9. The first-order chi connectivity index (χ1) is 11.8. The molecule has 0 fully saturated rings. The zero-order chi connectivity index (χ0) is 18.3. The molecular formula is C15H11F2N3O4S. The van der Waals surface area contributed by atoms with Gasteiger partial charge in [0.05, 0.1) is 6.54 Å². The third-order valence-corrected chi connectivity index (χ3v) is 4.79. The first-order valence-electron chi connectivity index (χ1n) is 7.01. The Morgan fingerprint density at radius 3 is 2.68 bits per heavy atom. The van der Waals surface area contributed by atoms with Crippen LogP contribution in [0, 0.1) is 11.6 Å². The smallest absolute Gasteiger partial charge is 0.332 e. The Morgan fingerprint density at radius 2 is 2.04 bits per heavy atom. The molecule has 0 bridgehead atoms. The summed E-state index contributed by atoms with van der Waals surface area (Å²) in [6.45, 7) is -0.280. The summed E-state index contributed by atoms with van der Waals surface area (Å²) in [6.07, 6.45) is 1.15. The lowest BCUT2D eigenvalue weighted by atomic mass is 10.2. The highest BCUT2D eigenvalue weighted by atomic mass is 32.2. The molecule has 0 spiro atoms. The van der Waals surface area contributed by atoms with Crippen LogP contribution in [0.25, 0.3) is 0 Å². The summed E-state index contributed by atoms with van der Waals surface area (Å²) >= 11 is 0.769. The first kappa shape index (κ1) is 17.1. The van der Waals surface area contributed by atoms with Crippen molar-refractivity contribution in [2.75, 3.05) is 0 Å². The van der Waals surface area contributed by atoms with Gasteiger partial charge in [0.2, 0.25) is 0 Å². The molecule has 1 unspecified atom stereocenters. The Hall–Kier alpha value is -2.75. The lowest BCUT2D eigenvalue weighted by Gasteiger charge is -2.18. The molecule has 1 aromatic carbocycles. The summed E-state index contributed by atoms with van der Waals surface area (Å²) in [4.78, 5) is 40.0. The van der Waals surface area contributed by atoms with Crippen LogP contribution in [0.4, 0.5) is 14.6 Å². The van der Waals surface area contributed by atoms with E-state index in [0.29, 0.717) is 0 Å². The molecule has 1 aromatic heterocycles. The highest BCUT2D eigenvalue weighted by molar-refractivity contribution is 8.01. The second kappa shape index (κ2) is 6.28. The van der Waals surface area contributed by atoms with Gasteiger partial charge in [-0.2, -0.15) is 0 Å². The summed E-state index contributed by atoms with van der Waals surface area (Å²) in [5.41, 5.74) is -1.20. The van der Waals surface area contributed by atoms with Gasteiger partial charge < -0.3 is 5.11 Å². The number of nitrogens with zero attached hydrogens (tertiary/aromatic N) is 3. The second-order valence-corrected chi connectivity index (χ2v) is 6.44. The van der Waals surface area contributed by atoms with E-state index in [1.807, 2.05) is 0 Å². The molecule has 0 saturated carbocycles. The molecule has 1 aliphatic heterocycles. The molecule has 0 aliphatic carbocycles. The van der Waals surface area contributed by atoms with Gasteiger partial charge >= 0.3 is 11.7 Å². The van der Waals surface area contributed by atoms with Crippen molar-refractivity contribution in [2.45, 2.75) is 16.7 Å². The number of carboxylic acids is 1. The van der Waals surface area contributed by atoms with Crippen LogP contribution in [-0.4, -0.2) is 31.7 Å². The van der Waals surface area contributed by atoms with E-state index in [-0.39, 0.29) is 22.8 Å². The number of rotatable bonds is 3. The SMILES string of the molecule is Cn1c2c(c(=O)n(Cc3ccc(F)c(F)c3)c1=O)SC(C(=O)O)C=N2. The predicted molar refractivity (Wildman–Crippen MR) is 86.8 cm³/mol. The van der Waals surface area contributed by atoms with Crippen LogP contribution in [0.3, 0.4) is 0 Å². The highest BCUT2D eigenvalue weighted by Gasteiger charge is 2.27. The Balaban J connectivity index is 2.11. The van der Waals surface area contributed by atoms with Crippen molar-refractivity contribution < 1.29 is 18.7 Å². The molecule has 0 saturated heterocycles. The molecular weight excluding hydrogens is 356 g/mol. The van der Waals surface area contributed by atoms with Crippen molar-refractivity contribution in [3.63, 3.8) is 0 Å². The molecule has 0 amide bonds. The lowest BCUT2D eigenvalue weighted by molar-refractivity contribution is -0.135. The van der Waals surface area contributed by atoms with E-state index in [1.165, 1.54) is 13.1 Å².